The summed E-state index contributed by atoms with van der Waals surface area (Å²) in [4.78, 5) is 8.24. The molecular formula is C12H12BrN3O2. The molecule has 6 heteroatoms. The van der Waals surface area contributed by atoms with E-state index in [0.717, 1.165) is 10.2 Å². The number of hydrogen-bond acceptors (Lipinski definition) is 5. The van der Waals surface area contributed by atoms with Crippen molar-refractivity contribution in [2.45, 2.75) is 25.4 Å². The molecule has 0 spiro atoms. The lowest BCUT2D eigenvalue weighted by atomic mass is 10.4. The normalized spacial score (nSPS) is 14.7. The molecule has 1 aliphatic rings. The molecule has 1 saturated carbocycles. The van der Waals surface area contributed by atoms with Crippen molar-refractivity contribution in [1.82, 2.24) is 15.3 Å². The van der Waals surface area contributed by atoms with E-state index in [1.807, 2.05) is 0 Å². The Kier molecular flexibility index (Phi) is 3.29. The van der Waals surface area contributed by atoms with Gasteiger partial charge in [-0.2, -0.15) is 4.98 Å². The number of ether oxygens (including phenoxy) is 1. The average Bonchev–Trinajstić information content (AvgIpc) is 3.08. The zero-order chi connectivity index (χ0) is 12.4. The van der Waals surface area contributed by atoms with Crippen LogP contribution in [0, 0.1) is 0 Å². The molecule has 94 valence electrons. The molecule has 1 aliphatic carbocycles. The second kappa shape index (κ2) is 5.07. The summed E-state index contributed by atoms with van der Waals surface area (Å²) < 4.78 is 11.6. The fraction of sp³-hybridized carbons (Fsp3) is 0.333. The van der Waals surface area contributed by atoms with Crippen LogP contribution in [-0.2, 0) is 6.54 Å². The number of rotatable bonds is 5. The third-order valence-electron chi connectivity index (χ3n) is 2.56. The summed E-state index contributed by atoms with van der Waals surface area (Å²) in [5.41, 5.74) is 0.847. The molecule has 2 aromatic heterocycles. The van der Waals surface area contributed by atoms with Crippen LogP contribution >= 0.6 is 15.9 Å². The van der Waals surface area contributed by atoms with Gasteiger partial charge >= 0.3 is 6.08 Å². The monoisotopic (exact) mass is 309 g/mol. The second-order valence-electron chi connectivity index (χ2n) is 4.20. The van der Waals surface area contributed by atoms with Crippen LogP contribution in [0.4, 0.5) is 0 Å². The van der Waals surface area contributed by atoms with E-state index in [4.69, 9.17) is 9.15 Å². The maximum Gasteiger partial charge on any atom is 0.399 e. The first kappa shape index (κ1) is 11.7. The first-order chi connectivity index (χ1) is 8.79. The third-order valence-corrected chi connectivity index (χ3v) is 3.00. The summed E-state index contributed by atoms with van der Waals surface area (Å²) in [6, 6.07) is 2.46. The molecule has 0 aliphatic heterocycles. The first-order valence-corrected chi connectivity index (χ1v) is 6.55. The minimum atomic E-state index is 0.238. The van der Waals surface area contributed by atoms with Gasteiger partial charge in [-0.3, -0.25) is 4.98 Å². The highest BCUT2D eigenvalue weighted by atomic mass is 79.9. The van der Waals surface area contributed by atoms with Crippen LogP contribution in [0.25, 0.3) is 0 Å². The van der Waals surface area contributed by atoms with E-state index in [2.05, 4.69) is 31.2 Å². The SMILES string of the molecule is Brc1cncc(Oc2nc(CNC3CC3)co2)c1. The minimum absolute atomic E-state index is 0.238. The van der Waals surface area contributed by atoms with Gasteiger partial charge in [0.2, 0.25) is 0 Å². The Morgan fingerprint density at radius 2 is 2.33 bits per heavy atom. The van der Waals surface area contributed by atoms with Crippen LogP contribution in [0.2, 0.25) is 0 Å². The average molecular weight is 310 g/mol. The fourth-order valence-electron chi connectivity index (χ4n) is 1.50. The van der Waals surface area contributed by atoms with Gasteiger partial charge in [0.1, 0.15) is 6.26 Å². The van der Waals surface area contributed by atoms with Crippen molar-refractivity contribution in [3.05, 3.63) is 34.9 Å². The number of halogens is 1. The number of oxazole rings is 1. The number of hydrogen-bond donors (Lipinski definition) is 1. The number of aromatic nitrogens is 2. The summed E-state index contributed by atoms with van der Waals surface area (Å²) in [5.74, 6) is 0.591. The van der Waals surface area contributed by atoms with Crippen LogP contribution in [-0.4, -0.2) is 16.0 Å². The summed E-state index contributed by atoms with van der Waals surface area (Å²) >= 11 is 3.32. The van der Waals surface area contributed by atoms with Crippen LogP contribution < -0.4 is 10.1 Å². The largest absolute Gasteiger partial charge is 0.417 e. The van der Waals surface area contributed by atoms with Crippen molar-refractivity contribution >= 4 is 15.9 Å². The van der Waals surface area contributed by atoms with Crippen molar-refractivity contribution in [2.24, 2.45) is 0 Å². The first-order valence-electron chi connectivity index (χ1n) is 5.76. The van der Waals surface area contributed by atoms with Crippen molar-refractivity contribution in [2.75, 3.05) is 0 Å². The van der Waals surface area contributed by atoms with Gasteiger partial charge in [0.05, 0.1) is 11.9 Å². The molecule has 2 aromatic rings. The summed E-state index contributed by atoms with van der Waals surface area (Å²) in [5, 5.41) is 3.36. The lowest BCUT2D eigenvalue weighted by Crippen LogP contribution is -2.15. The van der Waals surface area contributed by atoms with Crippen LogP contribution in [0.5, 0.6) is 11.8 Å². The molecular weight excluding hydrogens is 298 g/mol. The molecule has 1 N–H and O–H groups in total. The second-order valence-corrected chi connectivity index (χ2v) is 5.12. The summed E-state index contributed by atoms with van der Waals surface area (Å²) in [6.07, 6.45) is 7.65. The maximum atomic E-state index is 5.46. The molecule has 18 heavy (non-hydrogen) atoms. The van der Waals surface area contributed by atoms with E-state index in [1.54, 1.807) is 24.7 Å². The molecule has 0 atom stereocenters. The van der Waals surface area contributed by atoms with E-state index in [1.165, 1.54) is 12.8 Å². The van der Waals surface area contributed by atoms with Gasteiger partial charge in [-0.25, -0.2) is 0 Å². The van der Waals surface area contributed by atoms with Gasteiger partial charge in [0.15, 0.2) is 5.75 Å². The quantitative estimate of drug-likeness (QED) is 0.920. The molecule has 5 nitrogen and oxygen atoms in total. The lowest BCUT2D eigenvalue weighted by molar-refractivity contribution is 0.329. The summed E-state index contributed by atoms with van der Waals surface area (Å²) in [7, 11) is 0. The Balaban J connectivity index is 1.61. The summed E-state index contributed by atoms with van der Waals surface area (Å²) in [6.45, 7) is 0.717. The molecule has 2 heterocycles. The number of pyridine rings is 1. The smallest absolute Gasteiger partial charge is 0.399 e. The Hall–Kier alpha value is -1.40. The zero-order valence-electron chi connectivity index (χ0n) is 9.60. The van der Waals surface area contributed by atoms with Crippen molar-refractivity contribution in [3.63, 3.8) is 0 Å². The Morgan fingerprint density at radius 1 is 1.44 bits per heavy atom. The molecule has 0 aromatic carbocycles. The van der Waals surface area contributed by atoms with E-state index < -0.39 is 0 Å². The molecule has 0 saturated heterocycles. The van der Waals surface area contributed by atoms with Gasteiger partial charge in [-0.05, 0) is 34.8 Å². The zero-order valence-corrected chi connectivity index (χ0v) is 11.2. The maximum absolute atomic E-state index is 5.46. The molecule has 3 rings (SSSR count). The van der Waals surface area contributed by atoms with E-state index >= 15 is 0 Å². The number of nitrogens with zero attached hydrogens (tertiary/aromatic N) is 2. The molecule has 1 fully saturated rings. The predicted octanol–water partition coefficient (Wildman–Crippen LogP) is 2.88. The van der Waals surface area contributed by atoms with Crippen molar-refractivity contribution in [3.8, 4) is 11.8 Å². The lowest BCUT2D eigenvalue weighted by Gasteiger charge is -1.99. The van der Waals surface area contributed by atoms with Crippen LogP contribution in [0.15, 0.2) is 33.6 Å². The highest BCUT2D eigenvalue weighted by molar-refractivity contribution is 9.10. The van der Waals surface area contributed by atoms with Crippen molar-refractivity contribution < 1.29 is 9.15 Å². The molecule has 0 unspecified atom stereocenters. The Morgan fingerprint density at radius 3 is 3.11 bits per heavy atom. The van der Waals surface area contributed by atoms with Crippen LogP contribution in [0.3, 0.4) is 0 Å². The molecule has 0 amide bonds. The van der Waals surface area contributed by atoms with Gasteiger partial charge in [0.25, 0.3) is 0 Å². The van der Waals surface area contributed by atoms with Gasteiger partial charge in [0, 0.05) is 23.3 Å². The fourth-order valence-corrected chi connectivity index (χ4v) is 1.85. The third kappa shape index (κ3) is 3.08. The van der Waals surface area contributed by atoms with Gasteiger partial charge < -0.3 is 14.5 Å². The van der Waals surface area contributed by atoms with E-state index in [-0.39, 0.29) is 6.08 Å². The Bertz CT molecular complexity index is 540. The Labute approximate surface area is 113 Å². The standard InChI is InChI=1S/C12H12BrN3O2/c13-8-3-11(6-14-4-8)18-12-16-10(7-17-12)5-15-9-1-2-9/h3-4,6-7,9,15H,1-2,5H2. The highest BCUT2D eigenvalue weighted by Crippen LogP contribution is 2.23. The number of nitrogens with one attached hydrogen (secondary N) is 1. The van der Waals surface area contributed by atoms with Gasteiger partial charge in [-0.1, -0.05) is 0 Å². The topological polar surface area (TPSA) is 60.2 Å². The van der Waals surface area contributed by atoms with Crippen molar-refractivity contribution in [1.29, 1.82) is 0 Å². The minimum Gasteiger partial charge on any atom is -0.417 e. The van der Waals surface area contributed by atoms with Crippen LogP contribution in [0.1, 0.15) is 18.5 Å². The van der Waals surface area contributed by atoms with E-state index in [9.17, 15) is 0 Å². The molecule has 0 bridgehead atoms. The highest BCUT2D eigenvalue weighted by Gasteiger charge is 2.20. The molecule has 0 radical (unpaired) electrons. The van der Waals surface area contributed by atoms with Gasteiger partial charge in [-0.15, -0.1) is 0 Å². The predicted molar refractivity (Wildman–Crippen MR) is 68.4 cm³/mol. The van der Waals surface area contributed by atoms with E-state index in [0.29, 0.717) is 18.3 Å².